The number of aliphatic imine (C=N–C) groups is 1. The van der Waals surface area contributed by atoms with Gasteiger partial charge >= 0.3 is 0 Å². The molecule has 2 N–H and O–H groups in total. The molecule has 0 aromatic heterocycles. The van der Waals surface area contributed by atoms with Crippen molar-refractivity contribution >= 4 is 29.9 Å². The fourth-order valence-electron chi connectivity index (χ4n) is 3.17. The molecule has 0 amide bonds. The quantitative estimate of drug-likeness (QED) is 0.767. The van der Waals surface area contributed by atoms with E-state index in [0.29, 0.717) is 5.41 Å². The summed E-state index contributed by atoms with van der Waals surface area (Å²) in [4.78, 5) is 4.72. The van der Waals surface area contributed by atoms with Crippen LogP contribution in [0.1, 0.15) is 37.7 Å². The number of benzene rings is 1. The maximum absolute atomic E-state index is 4.72. The highest BCUT2D eigenvalue weighted by Gasteiger charge is 2.34. The molecular formula is C16H24IN3. The highest BCUT2D eigenvalue weighted by atomic mass is 127. The second-order valence-electron chi connectivity index (χ2n) is 5.92. The van der Waals surface area contributed by atoms with Gasteiger partial charge in [0.1, 0.15) is 0 Å². The highest BCUT2D eigenvalue weighted by Crippen LogP contribution is 2.36. The van der Waals surface area contributed by atoms with Crippen LogP contribution in [-0.4, -0.2) is 19.0 Å². The van der Waals surface area contributed by atoms with Crippen LogP contribution in [0.4, 0.5) is 0 Å². The third-order valence-corrected chi connectivity index (χ3v) is 4.42. The first-order chi connectivity index (χ1) is 9.36. The largest absolute Gasteiger partial charge is 0.356 e. The van der Waals surface area contributed by atoms with E-state index in [1.807, 2.05) is 6.07 Å². The minimum atomic E-state index is 0. The van der Waals surface area contributed by atoms with Crippen LogP contribution in [0.25, 0.3) is 0 Å². The van der Waals surface area contributed by atoms with Crippen LogP contribution in [0, 0.1) is 5.41 Å². The molecule has 1 aromatic rings. The van der Waals surface area contributed by atoms with Gasteiger partial charge in [-0.05, 0) is 18.4 Å². The molecule has 110 valence electrons. The average molecular weight is 385 g/mol. The standard InChI is InChI=1S/C16H23N3.HI/c1-3-7-14(8-4-1)11-17-15-18-12-16(13-19-15)9-5-2-6-10-16;/h1,3-4,7-8H,2,5-6,9-13H2,(H2,17,18,19);1H. The van der Waals surface area contributed by atoms with E-state index in [9.17, 15) is 0 Å². The molecule has 3 nitrogen and oxygen atoms in total. The minimum absolute atomic E-state index is 0. The number of rotatable bonds is 2. The molecule has 2 aliphatic rings. The number of nitrogens with zero attached hydrogens (tertiary/aromatic N) is 1. The Balaban J connectivity index is 0.00000147. The number of guanidine groups is 1. The molecule has 1 aliphatic carbocycles. The smallest absolute Gasteiger partial charge is 0.191 e. The van der Waals surface area contributed by atoms with E-state index in [-0.39, 0.29) is 24.0 Å². The van der Waals surface area contributed by atoms with Crippen LogP contribution in [0.5, 0.6) is 0 Å². The third-order valence-electron chi connectivity index (χ3n) is 4.42. The first-order valence-corrected chi connectivity index (χ1v) is 7.43. The van der Waals surface area contributed by atoms with Crippen LogP contribution in [0.2, 0.25) is 0 Å². The van der Waals surface area contributed by atoms with Gasteiger partial charge in [-0.2, -0.15) is 0 Å². The maximum atomic E-state index is 4.72. The van der Waals surface area contributed by atoms with Crippen molar-refractivity contribution in [1.29, 1.82) is 0 Å². The molecule has 3 rings (SSSR count). The van der Waals surface area contributed by atoms with Gasteiger partial charge in [-0.15, -0.1) is 24.0 Å². The minimum Gasteiger partial charge on any atom is -0.356 e. The molecule has 4 heteroatoms. The molecule has 1 aliphatic heterocycles. The maximum Gasteiger partial charge on any atom is 0.191 e. The van der Waals surface area contributed by atoms with Gasteiger partial charge in [0.05, 0.1) is 6.54 Å². The predicted molar refractivity (Wildman–Crippen MR) is 94.5 cm³/mol. The zero-order valence-electron chi connectivity index (χ0n) is 11.9. The molecular weight excluding hydrogens is 361 g/mol. The van der Waals surface area contributed by atoms with Gasteiger partial charge in [-0.3, -0.25) is 4.99 Å². The zero-order valence-corrected chi connectivity index (χ0v) is 14.2. The van der Waals surface area contributed by atoms with Crippen molar-refractivity contribution in [3.05, 3.63) is 35.9 Å². The van der Waals surface area contributed by atoms with E-state index in [1.54, 1.807) is 0 Å². The topological polar surface area (TPSA) is 36.4 Å². The summed E-state index contributed by atoms with van der Waals surface area (Å²) in [6.07, 6.45) is 6.85. The molecule has 1 spiro atoms. The van der Waals surface area contributed by atoms with Gasteiger partial charge in [0.2, 0.25) is 0 Å². The van der Waals surface area contributed by atoms with Crippen LogP contribution >= 0.6 is 24.0 Å². The number of halogens is 1. The Morgan fingerprint density at radius 1 is 1.10 bits per heavy atom. The summed E-state index contributed by atoms with van der Waals surface area (Å²) in [5.74, 6) is 0.972. The summed E-state index contributed by atoms with van der Waals surface area (Å²) in [6.45, 7) is 2.93. The van der Waals surface area contributed by atoms with Crippen molar-refractivity contribution in [1.82, 2.24) is 10.6 Å². The number of hydrogen-bond acceptors (Lipinski definition) is 3. The average Bonchev–Trinajstić information content (AvgIpc) is 2.49. The summed E-state index contributed by atoms with van der Waals surface area (Å²) in [6, 6.07) is 10.5. The predicted octanol–water partition coefficient (Wildman–Crippen LogP) is 3.30. The van der Waals surface area contributed by atoms with Gasteiger partial charge < -0.3 is 10.6 Å². The Labute approximate surface area is 138 Å². The van der Waals surface area contributed by atoms with E-state index < -0.39 is 0 Å². The van der Waals surface area contributed by atoms with Crippen LogP contribution < -0.4 is 10.6 Å². The van der Waals surface area contributed by atoms with Gasteiger partial charge in [-0.25, -0.2) is 0 Å². The lowest BCUT2D eigenvalue weighted by Gasteiger charge is -2.39. The van der Waals surface area contributed by atoms with E-state index >= 15 is 0 Å². The van der Waals surface area contributed by atoms with Crippen molar-refractivity contribution < 1.29 is 0 Å². The number of nitrogens with one attached hydrogen (secondary N) is 2. The lowest BCUT2D eigenvalue weighted by Crippen LogP contribution is -2.49. The molecule has 0 saturated heterocycles. The van der Waals surface area contributed by atoms with Gasteiger partial charge in [-0.1, -0.05) is 49.6 Å². The van der Waals surface area contributed by atoms with Crippen LogP contribution in [-0.2, 0) is 6.54 Å². The fraction of sp³-hybridized carbons (Fsp3) is 0.562. The van der Waals surface area contributed by atoms with Crippen LogP contribution in [0.15, 0.2) is 35.3 Å². The highest BCUT2D eigenvalue weighted by molar-refractivity contribution is 14.0. The molecule has 1 heterocycles. The molecule has 0 atom stereocenters. The second kappa shape index (κ2) is 7.29. The first-order valence-electron chi connectivity index (χ1n) is 7.43. The van der Waals surface area contributed by atoms with E-state index in [1.165, 1.54) is 37.7 Å². The summed E-state index contributed by atoms with van der Waals surface area (Å²) in [7, 11) is 0. The normalized spacial score (nSPS) is 20.5. The number of hydrogen-bond donors (Lipinski definition) is 2. The lowest BCUT2D eigenvalue weighted by molar-refractivity contribution is 0.193. The van der Waals surface area contributed by atoms with Gasteiger partial charge in [0.15, 0.2) is 5.96 Å². The zero-order chi connectivity index (χ0) is 13.0. The first kappa shape index (κ1) is 15.6. The molecule has 0 bridgehead atoms. The molecule has 1 saturated carbocycles. The van der Waals surface area contributed by atoms with E-state index in [0.717, 1.165) is 25.6 Å². The Morgan fingerprint density at radius 3 is 2.50 bits per heavy atom. The Kier molecular flexibility index (Phi) is 5.69. The third kappa shape index (κ3) is 3.87. The van der Waals surface area contributed by atoms with Crippen molar-refractivity contribution in [2.24, 2.45) is 10.4 Å². The monoisotopic (exact) mass is 385 g/mol. The lowest BCUT2D eigenvalue weighted by atomic mass is 9.73. The van der Waals surface area contributed by atoms with Crippen LogP contribution in [0.3, 0.4) is 0 Å². The second-order valence-corrected chi connectivity index (χ2v) is 5.92. The molecule has 0 radical (unpaired) electrons. The summed E-state index contributed by atoms with van der Waals surface area (Å²) in [5.41, 5.74) is 1.75. The summed E-state index contributed by atoms with van der Waals surface area (Å²) >= 11 is 0. The SMILES string of the molecule is I.c1ccc(CNC2=NCC3(CCCCC3)CN2)cc1. The fourth-order valence-corrected chi connectivity index (χ4v) is 3.17. The molecule has 1 fully saturated rings. The Hall–Kier alpha value is -0.780. The van der Waals surface area contributed by atoms with Crippen molar-refractivity contribution in [3.8, 4) is 0 Å². The van der Waals surface area contributed by atoms with Gasteiger partial charge in [0, 0.05) is 18.5 Å². The molecule has 0 unspecified atom stereocenters. The van der Waals surface area contributed by atoms with Crippen molar-refractivity contribution in [2.45, 2.75) is 38.6 Å². The molecule has 1 aromatic carbocycles. The van der Waals surface area contributed by atoms with E-state index in [4.69, 9.17) is 4.99 Å². The summed E-state index contributed by atoms with van der Waals surface area (Å²) < 4.78 is 0. The Morgan fingerprint density at radius 2 is 1.85 bits per heavy atom. The summed E-state index contributed by atoms with van der Waals surface area (Å²) in [5, 5.41) is 6.89. The Bertz CT molecular complexity index is 438. The van der Waals surface area contributed by atoms with Gasteiger partial charge in [0.25, 0.3) is 0 Å². The van der Waals surface area contributed by atoms with E-state index in [2.05, 4.69) is 34.9 Å². The van der Waals surface area contributed by atoms with Crippen molar-refractivity contribution in [3.63, 3.8) is 0 Å². The molecule has 20 heavy (non-hydrogen) atoms. The van der Waals surface area contributed by atoms with Crippen molar-refractivity contribution in [2.75, 3.05) is 13.1 Å².